The van der Waals surface area contributed by atoms with Gasteiger partial charge < -0.3 is 4.74 Å². The molecule has 4 nitrogen and oxygen atoms in total. The second kappa shape index (κ2) is 8.93. The smallest absolute Gasteiger partial charge is 0.403 e. The van der Waals surface area contributed by atoms with Gasteiger partial charge in [-0.3, -0.25) is 4.18 Å². The molecule has 3 rings (SSSR count). The van der Waals surface area contributed by atoms with E-state index in [2.05, 4.69) is 4.74 Å². The monoisotopic (exact) mass is 446 g/mol. The summed E-state index contributed by atoms with van der Waals surface area (Å²) in [6.07, 6.45) is -2.26. The molecule has 0 atom stereocenters. The Hall–Kier alpha value is -2.13. The lowest BCUT2D eigenvalue weighted by Gasteiger charge is -2.28. The molecule has 0 N–H and O–H groups in total. The van der Waals surface area contributed by atoms with E-state index in [4.69, 9.17) is 4.18 Å². The van der Waals surface area contributed by atoms with Crippen LogP contribution in [0.3, 0.4) is 0 Å². The first-order chi connectivity index (χ1) is 14.0. The lowest BCUT2D eigenvalue weighted by atomic mass is 9.79. The number of rotatable bonds is 6. The maximum atomic E-state index is 13.9. The van der Waals surface area contributed by atoms with E-state index in [9.17, 15) is 26.0 Å². The molecule has 0 aliphatic heterocycles. The van der Waals surface area contributed by atoms with Crippen LogP contribution < -0.4 is 4.74 Å². The van der Waals surface area contributed by atoms with Gasteiger partial charge in [-0.1, -0.05) is 23.8 Å². The molecular weight excluding hydrogens is 424 g/mol. The van der Waals surface area contributed by atoms with E-state index in [0.29, 0.717) is 31.2 Å². The van der Waals surface area contributed by atoms with Crippen molar-refractivity contribution in [1.82, 2.24) is 0 Å². The van der Waals surface area contributed by atoms with Crippen LogP contribution in [0.4, 0.5) is 17.6 Å². The Bertz CT molecular complexity index is 963. The van der Waals surface area contributed by atoms with Crippen molar-refractivity contribution in [2.75, 3.05) is 6.61 Å². The summed E-state index contributed by atoms with van der Waals surface area (Å²) < 4.78 is 84.1. The summed E-state index contributed by atoms with van der Waals surface area (Å²) >= 11 is 0. The maximum absolute atomic E-state index is 13.9. The molecule has 0 heterocycles. The van der Waals surface area contributed by atoms with Crippen molar-refractivity contribution < 1.29 is 34.9 Å². The number of benzene rings is 2. The summed E-state index contributed by atoms with van der Waals surface area (Å²) in [5, 5.41) is 0. The lowest BCUT2D eigenvalue weighted by Crippen LogP contribution is -2.20. The van der Waals surface area contributed by atoms with Crippen molar-refractivity contribution >= 4 is 10.1 Å². The van der Waals surface area contributed by atoms with Crippen molar-refractivity contribution in [2.45, 2.75) is 49.8 Å². The fourth-order valence-corrected chi connectivity index (χ4v) is 4.58. The number of alkyl halides is 3. The lowest BCUT2D eigenvalue weighted by molar-refractivity contribution is -0.275. The molecule has 0 unspecified atom stereocenters. The average molecular weight is 446 g/mol. The van der Waals surface area contributed by atoms with Crippen molar-refractivity contribution in [3.63, 3.8) is 0 Å². The van der Waals surface area contributed by atoms with Gasteiger partial charge in [-0.2, -0.15) is 8.42 Å². The third-order valence-electron chi connectivity index (χ3n) is 5.27. The molecule has 0 aromatic heterocycles. The number of hydrogen-bond acceptors (Lipinski definition) is 4. The molecule has 1 saturated carbocycles. The van der Waals surface area contributed by atoms with Crippen LogP contribution in [-0.4, -0.2) is 21.4 Å². The van der Waals surface area contributed by atoms with Crippen LogP contribution in [0.2, 0.25) is 0 Å². The van der Waals surface area contributed by atoms with Crippen LogP contribution in [-0.2, 0) is 14.3 Å². The van der Waals surface area contributed by atoms with Gasteiger partial charge in [-0.05, 0) is 74.3 Å². The van der Waals surface area contributed by atoms with Crippen LogP contribution in [0.25, 0.3) is 0 Å². The molecule has 0 spiro atoms. The number of hydrogen-bond donors (Lipinski definition) is 0. The quantitative estimate of drug-likeness (QED) is 0.421. The zero-order chi connectivity index (χ0) is 21.9. The summed E-state index contributed by atoms with van der Waals surface area (Å²) in [6, 6.07) is 9.90. The second-order valence-corrected chi connectivity index (χ2v) is 9.12. The fourth-order valence-electron chi connectivity index (χ4n) is 3.60. The van der Waals surface area contributed by atoms with E-state index in [1.807, 2.05) is 6.92 Å². The summed E-state index contributed by atoms with van der Waals surface area (Å²) in [6.45, 7) is 1.92. The van der Waals surface area contributed by atoms with E-state index in [1.54, 1.807) is 12.1 Å². The summed E-state index contributed by atoms with van der Waals surface area (Å²) in [5.74, 6) is -1.88. The van der Waals surface area contributed by atoms with Crippen molar-refractivity contribution in [1.29, 1.82) is 0 Å². The number of ether oxygens (including phenoxy) is 1. The summed E-state index contributed by atoms with van der Waals surface area (Å²) in [4.78, 5) is 0.110. The maximum Gasteiger partial charge on any atom is 0.573 e. The molecule has 0 saturated heterocycles. The van der Waals surface area contributed by atoms with E-state index >= 15 is 0 Å². The molecule has 0 amide bonds. The Labute approximate surface area is 172 Å². The van der Waals surface area contributed by atoms with Gasteiger partial charge in [-0.25, -0.2) is 4.39 Å². The normalized spacial score (nSPS) is 20.2. The number of aryl methyl sites for hydroxylation is 1. The molecule has 1 aliphatic rings. The van der Waals surface area contributed by atoms with Gasteiger partial charge in [0, 0.05) is 0 Å². The zero-order valence-corrected chi connectivity index (χ0v) is 17.1. The minimum Gasteiger partial charge on any atom is -0.403 e. The Balaban J connectivity index is 1.53. The van der Waals surface area contributed by atoms with Crippen LogP contribution in [0, 0.1) is 18.7 Å². The van der Waals surface area contributed by atoms with E-state index in [1.165, 1.54) is 18.2 Å². The Morgan fingerprint density at radius 2 is 1.63 bits per heavy atom. The minimum atomic E-state index is -4.95. The highest BCUT2D eigenvalue weighted by molar-refractivity contribution is 7.86. The summed E-state index contributed by atoms with van der Waals surface area (Å²) in [5.41, 5.74) is 1.55. The molecule has 164 valence electrons. The van der Waals surface area contributed by atoms with Crippen molar-refractivity contribution in [3.05, 3.63) is 59.4 Å². The highest BCUT2D eigenvalue weighted by Gasteiger charge is 2.33. The Morgan fingerprint density at radius 3 is 2.20 bits per heavy atom. The molecule has 0 bridgehead atoms. The van der Waals surface area contributed by atoms with Gasteiger partial charge in [0.05, 0.1) is 11.5 Å². The van der Waals surface area contributed by atoms with E-state index in [0.717, 1.165) is 17.7 Å². The molecule has 0 radical (unpaired) electrons. The molecule has 2 aromatic rings. The predicted octanol–water partition coefficient (Wildman–Crippen LogP) is 5.71. The first kappa shape index (κ1) is 22.6. The third kappa shape index (κ3) is 5.95. The predicted molar refractivity (Wildman–Crippen MR) is 102 cm³/mol. The van der Waals surface area contributed by atoms with Crippen LogP contribution in [0.1, 0.15) is 42.7 Å². The van der Waals surface area contributed by atoms with Gasteiger partial charge in [0.1, 0.15) is 0 Å². The standard InChI is InChI=1S/C21H22F4O4S/c1-14-2-9-18(10-3-14)30(26,27)28-13-15-4-6-16(7-5-15)17-8-11-20(19(22)12-17)29-21(23,24)25/h2-3,8-12,15-16H,4-7,13H2,1H3. The van der Waals surface area contributed by atoms with Crippen LogP contribution in [0.5, 0.6) is 5.75 Å². The first-order valence-electron chi connectivity index (χ1n) is 9.55. The molecule has 30 heavy (non-hydrogen) atoms. The van der Waals surface area contributed by atoms with E-state index < -0.39 is 28.0 Å². The van der Waals surface area contributed by atoms with Gasteiger partial charge in [0.25, 0.3) is 10.1 Å². The summed E-state index contributed by atoms with van der Waals surface area (Å²) in [7, 11) is -3.82. The Morgan fingerprint density at radius 1 is 1.00 bits per heavy atom. The van der Waals surface area contributed by atoms with Crippen molar-refractivity contribution in [3.8, 4) is 5.75 Å². The highest BCUT2D eigenvalue weighted by Crippen LogP contribution is 2.38. The minimum absolute atomic E-state index is 0.00982. The molecule has 9 heteroatoms. The van der Waals surface area contributed by atoms with E-state index in [-0.39, 0.29) is 23.3 Å². The largest absolute Gasteiger partial charge is 0.573 e. The SMILES string of the molecule is Cc1ccc(S(=O)(=O)OCC2CCC(c3ccc(OC(F)(F)F)c(F)c3)CC2)cc1. The Kier molecular flexibility index (Phi) is 6.71. The van der Waals surface area contributed by atoms with Gasteiger partial charge >= 0.3 is 6.36 Å². The second-order valence-electron chi connectivity index (χ2n) is 7.51. The van der Waals surface area contributed by atoms with Gasteiger partial charge in [0.15, 0.2) is 11.6 Å². The molecule has 2 aromatic carbocycles. The highest BCUT2D eigenvalue weighted by atomic mass is 32.2. The van der Waals surface area contributed by atoms with Crippen LogP contribution >= 0.6 is 0 Å². The fraction of sp³-hybridized carbons (Fsp3) is 0.429. The third-order valence-corrected chi connectivity index (χ3v) is 6.56. The van der Waals surface area contributed by atoms with Gasteiger partial charge in [-0.15, -0.1) is 13.2 Å². The zero-order valence-electron chi connectivity index (χ0n) is 16.3. The molecule has 1 aliphatic carbocycles. The van der Waals surface area contributed by atoms with Crippen LogP contribution in [0.15, 0.2) is 47.4 Å². The average Bonchev–Trinajstić information content (AvgIpc) is 2.68. The van der Waals surface area contributed by atoms with Crippen molar-refractivity contribution in [2.24, 2.45) is 5.92 Å². The van der Waals surface area contributed by atoms with Gasteiger partial charge in [0.2, 0.25) is 0 Å². The number of halogens is 4. The first-order valence-corrected chi connectivity index (χ1v) is 11.0. The molecule has 1 fully saturated rings. The topological polar surface area (TPSA) is 52.6 Å². The molecular formula is C21H22F4O4S.